The van der Waals surface area contributed by atoms with Crippen LogP contribution in [0.3, 0.4) is 0 Å². The number of nitrogens with one attached hydrogen (secondary N) is 1. The molecule has 1 atom stereocenters. The Hall–Kier alpha value is -2.46. The van der Waals surface area contributed by atoms with Crippen LogP contribution in [0.4, 0.5) is 5.69 Å². The van der Waals surface area contributed by atoms with Gasteiger partial charge in [0.05, 0.1) is 18.3 Å². The van der Waals surface area contributed by atoms with Gasteiger partial charge in [0, 0.05) is 30.5 Å². The number of quaternary nitrogens is 1. The van der Waals surface area contributed by atoms with E-state index in [2.05, 4.69) is 65.6 Å². The fourth-order valence-electron chi connectivity index (χ4n) is 3.57. The molecule has 0 aromatic carbocycles. The first kappa shape index (κ1) is 13.2. The second-order valence-electron chi connectivity index (χ2n) is 5.99. The second kappa shape index (κ2) is 4.78. The first-order chi connectivity index (χ1) is 10.7. The number of allylic oxidation sites excluding steroid dienone is 3. The Morgan fingerprint density at radius 1 is 1.23 bits per heavy atom. The summed E-state index contributed by atoms with van der Waals surface area (Å²) in [5, 5.41) is 8.39. The summed E-state index contributed by atoms with van der Waals surface area (Å²) in [4.78, 5) is 3.36. The lowest BCUT2D eigenvalue weighted by Crippen LogP contribution is -2.43. The van der Waals surface area contributed by atoms with Gasteiger partial charge < -0.3 is 4.98 Å². The van der Waals surface area contributed by atoms with Crippen molar-refractivity contribution in [1.82, 2.24) is 19.7 Å². The molecule has 2 aliphatic rings. The molecule has 22 heavy (non-hydrogen) atoms. The SMILES string of the molecule is Cc1cc[nH]c1CC[N+]12C=CC=CC1=Cc1cnnc(C)c12. The van der Waals surface area contributed by atoms with E-state index in [0.29, 0.717) is 0 Å². The molecule has 0 radical (unpaired) electrons. The highest BCUT2D eigenvalue weighted by Crippen LogP contribution is 2.44. The monoisotopic (exact) mass is 291 g/mol. The minimum Gasteiger partial charge on any atom is -0.365 e. The van der Waals surface area contributed by atoms with Crippen LogP contribution in [0, 0.1) is 13.8 Å². The molecule has 0 saturated carbocycles. The molecule has 4 rings (SSSR count). The summed E-state index contributed by atoms with van der Waals surface area (Å²) >= 11 is 0. The summed E-state index contributed by atoms with van der Waals surface area (Å²) in [6.07, 6.45) is 15.8. The van der Waals surface area contributed by atoms with E-state index in [0.717, 1.165) is 23.1 Å². The van der Waals surface area contributed by atoms with E-state index in [1.807, 2.05) is 12.4 Å². The predicted molar refractivity (Wildman–Crippen MR) is 88.9 cm³/mol. The number of aromatic amines is 1. The number of aryl methyl sites for hydroxylation is 2. The zero-order chi connectivity index (χ0) is 15.2. The maximum absolute atomic E-state index is 4.28. The van der Waals surface area contributed by atoms with Gasteiger partial charge in [-0.05, 0) is 31.6 Å². The van der Waals surface area contributed by atoms with Crippen LogP contribution in [0.2, 0.25) is 0 Å². The molecule has 0 amide bonds. The van der Waals surface area contributed by atoms with Crippen LogP contribution < -0.4 is 4.48 Å². The third kappa shape index (κ3) is 1.81. The number of nitrogens with zero attached hydrogens (tertiary/aromatic N) is 3. The summed E-state index contributed by atoms with van der Waals surface area (Å²) < 4.78 is 0.742. The van der Waals surface area contributed by atoms with Crippen LogP contribution in [-0.4, -0.2) is 21.7 Å². The molecule has 0 aliphatic carbocycles. The Kier molecular flexibility index (Phi) is 2.87. The van der Waals surface area contributed by atoms with Gasteiger partial charge in [0.2, 0.25) is 0 Å². The molecule has 110 valence electrons. The van der Waals surface area contributed by atoms with Crippen LogP contribution in [-0.2, 0) is 6.42 Å². The number of hydrogen-bond donors (Lipinski definition) is 1. The van der Waals surface area contributed by atoms with Crippen molar-refractivity contribution in [3.63, 3.8) is 0 Å². The number of hydrogen-bond acceptors (Lipinski definition) is 2. The highest BCUT2D eigenvalue weighted by Gasteiger charge is 2.42. The molecule has 0 fully saturated rings. The largest absolute Gasteiger partial charge is 0.365 e. The maximum atomic E-state index is 4.28. The molecule has 0 spiro atoms. The van der Waals surface area contributed by atoms with E-state index in [-0.39, 0.29) is 0 Å². The third-order valence-electron chi connectivity index (χ3n) is 4.68. The van der Waals surface area contributed by atoms with Crippen molar-refractivity contribution in [3.05, 3.63) is 71.1 Å². The van der Waals surface area contributed by atoms with Gasteiger partial charge in [0.25, 0.3) is 0 Å². The van der Waals surface area contributed by atoms with Crippen molar-refractivity contribution in [2.75, 3.05) is 6.54 Å². The van der Waals surface area contributed by atoms with Crippen LogP contribution in [0.15, 0.2) is 48.6 Å². The first-order valence-corrected chi connectivity index (χ1v) is 7.62. The summed E-state index contributed by atoms with van der Waals surface area (Å²) in [6.45, 7) is 5.19. The van der Waals surface area contributed by atoms with Gasteiger partial charge >= 0.3 is 0 Å². The Labute approximate surface area is 130 Å². The molecule has 2 aliphatic heterocycles. The smallest absolute Gasteiger partial charge is 0.175 e. The quantitative estimate of drug-likeness (QED) is 0.881. The lowest BCUT2D eigenvalue weighted by molar-refractivity contribution is 0.467. The van der Waals surface area contributed by atoms with Crippen molar-refractivity contribution in [2.24, 2.45) is 0 Å². The van der Waals surface area contributed by atoms with E-state index in [9.17, 15) is 0 Å². The minimum atomic E-state index is 0.742. The van der Waals surface area contributed by atoms with E-state index < -0.39 is 0 Å². The summed E-state index contributed by atoms with van der Waals surface area (Å²) in [5.74, 6) is 0. The fourth-order valence-corrected chi connectivity index (χ4v) is 3.57. The minimum absolute atomic E-state index is 0.742. The van der Waals surface area contributed by atoms with Crippen molar-refractivity contribution in [3.8, 4) is 0 Å². The number of H-pyrrole nitrogens is 1. The molecule has 4 heteroatoms. The van der Waals surface area contributed by atoms with E-state index in [1.54, 1.807) is 0 Å². The number of fused-ring (bicyclic) bond motifs is 3. The average molecular weight is 291 g/mol. The van der Waals surface area contributed by atoms with Crippen LogP contribution >= 0.6 is 0 Å². The normalized spacial score (nSPS) is 21.6. The summed E-state index contributed by atoms with van der Waals surface area (Å²) in [6, 6.07) is 2.13. The molecule has 2 aromatic rings. The highest BCUT2D eigenvalue weighted by molar-refractivity contribution is 5.81. The molecule has 0 bridgehead atoms. The molecule has 1 N–H and O–H groups in total. The van der Waals surface area contributed by atoms with Gasteiger partial charge in [-0.2, -0.15) is 5.10 Å². The Balaban J connectivity index is 1.78. The van der Waals surface area contributed by atoms with E-state index >= 15 is 0 Å². The zero-order valence-electron chi connectivity index (χ0n) is 12.9. The van der Waals surface area contributed by atoms with Gasteiger partial charge in [-0.3, -0.25) is 0 Å². The van der Waals surface area contributed by atoms with Crippen molar-refractivity contribution in [1.29, 1.82) is 0 Å². The van der Waals surface area contributed by atoms with Crippen molar-refractivity contribution >= 4 is 11.8 Å². The molecular weight excluding hydrogens is 272 g/mol. The van der Waals surface area contributed by atoms with Gasteiger partial charge in [-0.1, -0.05) is 6.08 Å². The van der Waals surface area contributed by atoms with Gasteiger partial charge in [-0.25, -0.2) is 4.48 Å². The maximum Gasteiger partial charge on any atom is 0.175 e. The van der Waals surface area contributed by atoms with Crippen LogP contribution in [0.25, 0.3) is 6.08 Å². The standard InChI is InChI=1S/C18H19N4/c1-13-6-8-19-17(13)7-10-22-9-4-3-5-16(22)11-15-12-20-21-14(2)18(15)22/h3-6,8-9,11-12,19H,7,10H2,1-2H3/q+1. The Morgan fingerprint density at radius 2 is 2.14 bits per heavy atom. The Bertz CT molecular complexity index is 825. The highest BCUT2D eigenvalue weighted by atomic mass is 15.4. The van der Waals surface area contributed by atoms with Gasteiger partial charge in [-0.15, -0.1) is 5.10 Å². The van der Waals surface area contributed by atoms with Gasteiger partial charge in [0.15, 0.2) is 5.69 Å². The first-order valence-electron chi connectivity index (χ1n) is 7.62. The molecule has 4 heterocycles. The molecule has 2 aromatic heterocycles. The molecular formula is C18H19N4+. The summed E-state index contributed by atoms with van der Waals surface area (Å²) in [7, 11) is 0. The fraction of sp³-hybridized carbons (Fsp3) is 0.222. The van der Waals surface area contributed by atoms with E-state index in [4.69, 9.17) is 0 Å². The Morgan fingerprint density at radius 3 is 2.95 bits per heavy atom. The zero-order valence-corrected chi connectivity index (χ0v) is 12.9. The lowest BCUT2D eigenvalue weighted by atomic mass is 10.1. The van der Waals surface area contributed by atoms with Gasteiger partial charge in [0.1, 0.15) is 17.6 Å². The van der Waals surface area contributed by atoms with Crippen LogP contribution in [0.1, 0.15) is 22.5 Å². The second-order valence-corrected chi connectivity index (χ2v) is 5.99. The molecule has 4 nitrogen and oxygen atoms in total. The topological polar surface area (TPSA) is 41.6 Å². The van der Waals surface area contributed by atoms with Crippen molar-refractivity contribution in [2.45, 2.75) is 20.3 Å². The van der Waals surface area contributed by atoms with Crippen molar-refractivity contribution < 1.29 is 0 Å². The van der Waals surface area contributed by atoms with E-state index in [1.165, 1.54) is 28.2 Å². The number of aromatic nitrogens is 3. The predicted octanol–water partition coefficient (Wildman–Crippen LogP) is 3.41. The summed E-state index contributed by atoms with van der Waals surface area (Å²) in [5.41, 5.74) is 7.37. The number of rotatable bonds is 3. The molecule has 0 saturated heterocycles. The van der Waals surface area contributed by atoms with Crippen LogP contribution in [0.5, 0.6) is 0 Å². The third-order valence-corrected chi connectivity index (χ3v) is 4.68. The molecule has 1 unspecified atom stereocenters. The lowest BCUT2D eigenvalue weighted by Gasteiger charge is -2.33. The average Bonchev–Trinajstić information content (AvgIpc) is 3.07.